The van der Waals surface area contributed by atoms with Gasteiger partial charge in [0.05, 0.1) is 30.1 Å². The summed E-state index contributed by atoms with van der Waals surface area (Å²) in [6.07, 6.45) is 1.13. The van der Waals surface area contributed by atoms with Crippen LogP contribution in [-0.2, 0) is 14.3 Å². The van der Waals surface area contributed by atoms with Crippen molar-refractivity contribution in [2.24, 2.45) is 5.41 Å². The molecule has 0 aromatic heterocycles. The number of rotatable bonds is 8. The van der Waals surface area contributed by atoms with E-state index in [1.807, 2.05) is 53.4 Å². The Bertz CT molecular complexity index is 1130. The third-order valence-electron chi connectivity index (χ3n) is 7.96. The highest BCUT2D eigenvalue weighted by Gasteiger charge is 2.52. The number of aliphatic carboxylic acids is 1. The molecule has 38 heavy (non-hydrogen) atoms. The zero-order chi connectivity index (χ0) is 27.6. The van der Waals surface area contributed by atoms with Gasteiger partial charge in [-0.2, -0.15) is 0 Å². The second kappa shape index (κ2) is 12.0. The molecule has 1 amide bonds. The lowest BCUT2D eigenvalue weighted by molar-refractivity contribution is -0.161. The first kappa shape index (κ1) is 28.9. The largest absolute Gasteiger partial charge is 0.481 e. The molecule has 0 spiro atoms. The highest BCUT2D eigenvalue weighted by molar-refractivity contribution is 6.30. The van der Waals surface area contributed by atoms with Gasteiger partial charge in [-0.1, -0.05) is 61.3 Å². The van der Waals surface area contributed by atoms with E-state index < -0.39 is 11.4 Å². The molecular weight excluding hydrogens is 523 g/mol. The van der Waals surface area contributed by atoms with Gasteiger partial charge >= 0.3 is 5.97 Å². The van der Waals surface area contributed by atoms with Gasteiger partial charge in [0.2, 0.25) is 5.91 Å². The third-order valence-corrected chi connectivity index (χ3v) is 8.45. The topological polar surface area (TPSA) is 70.1 Å². The summed E-state index contributed by atoms with van der Waals surface area (Å²) >= 11 is 12.7. The first-order valence-electron chi connectivity index (χ1n) is 13.4. The summed E-state index contributed by atoms with van der Waals surface area (Å²) in [5.74, 6) is -1.23. The van der Waals surface area contributed by atoms with Crippen molar-refractivity contribution >= 4 is 35.1 Å². The fourth-order valence-corrected chi connectivity index (χ4v) is 6.75. The van der Waals surface area contributed by atoms with E-state index in [0.717, 1.165) is 30.6 Å². The van der Waals surface area contributed by atoms with Crippen LogP contribution in [0.5, 0.6) is 0 Å². The molecule has 1 N–H and O–H groups in total. The van der Waals surface area contributed by atoms with Crippen LogP contribution in [0.2, 0.25) is 10.0 Å². The molecular formula is C30H38Cl2N2O4. The number of carboxylic acids is 1. The number of carbonyl (C=O) groups is 2. The quantitative estimate of drug-likeness (QED) is 0.403. The van der Waals surface area contributed by atoms with E-state index in [2.05, 4.69) is 25.7 Å². The number of carboxylic acid groups (broad SMARTS) is 1. The van der Waals surface area contributed by atoms with Gasteiger partial charge in [-0.25, -0.2) is 0 Å². The summed E-state index contributed by atoms with van der Waals surface area (Å²) in [5.41, 5.74) is 0.920. The summed E-state index contributed by atoms with van der Waals surface area (Å²) in [5, 5.41) is 11.1. The summed E-state index contributed by atoms with van der Waals surface area (Å²) in [4.78, 5) is 30.8. The standard InChI is InChI=1S/C30H38Cl2N2O4/c1-5-25(18-33-16-19(2)38-20(3)17-33)34-28(21-9-11-23(31)12-10-21)26(22-7-6-8-24(32)13-22)14-30(4,29(34)37)15-27(35)36/h6-13,19-20,25-26,28H,5,14-18H2,1-4H3,(H,35,36)/t19?,20?,25?,26-,28-,30-/m1/s1. The van der Waals surface area contributed by atoms with Gasteiger partial charge < -0.3 is 14.7 Å². The molecule has 8 heteroatoms. The van der Waals surface area contributed by atoms with Gasteiger partial charge in [0.25, 0.3) is 0 Å². The molecule has 2 heterocycles. The number of halogens is 2. The summed E-state index contributed by atoms with van der Waals surface area (Å²) < 4.78 is 5.95. The zero-order valence-electron chi connectivity index (χ0n) is 22.6. The first-order valence-corrected chi connectivity index (χ1v) is 14.2. The number of ether oxygens (including phenoxy) is 1. The minimum atomic E-state index is -1.05. The van der Waals surface area contributed by atoms with Gasteiger partial charge in [0.1, 0.15) is 0 Å². The molecule has 6 nitrogen and oxygen atoms in total. The summed E-state index contributed by atoms with van der Waals surface area (Å²) in [7, 11) is 0. The fraction of sp³-hybridized carbons (Fsp3) is 0.533. The molecule has 2 aliphatic rings. The maximum absolute atomic E-state index is 14.4. The van der Waals surface area contributed by atoms with Gasteiger partial charge in [-0.05, 0) is 62.1 Å². The minimum Gasteiger partial charge on any atom is -0.481 e. The average Bonchev–Trinajstić information content (AvgIpc) is 2.84. The van der Waals surface area contributed by atoms with Gasteiger partial charge in [0, 0.05) is 41.6 Å². The monoisotopic (exact) mass is 560 g/mol. The predicted octanol–water partition coefficient (Wildman–Crippen LogP) is 6.42. The van der Waals surface area contributed by atoms with E-state index in [-0.39, 0.29) is 42.5 Å². The Morgan fingerprint density at radius 1 is 1.08 bits per heavy atom. The summed E-state index contributed by atoms with van der Waals surface area (Å²) in [6.45, 7) is 10.3. The van der Waals surface area contributed by atoms with Crippen LogP contribution in [0.25, 0.3) is 0 Å². The van der Waals surface area contributed by atoms with Crippen LogP contribution in [0.1, 0.15) is 70.0 Å². The van der Waals surface area contributed by atoms with Crippen LogP contribution in [0, 0.1) is 5.41 Å². The Kier molecular flexibility index (Phi) is 9.08. The van der Waals surface area contributed by atoms with Crippen molar-refractivity contribution in [3.63, 3.8) is 0 Å². The molecule has 2 aliphatic heterocycles. The number of nitrogens with zero attached hydrogens (tertiary/aromatic N) is 2. The van der Waals surface area contributed by atoms with Crippen LogP contribution in [0.4, 0.5) is 0 Å². The number of hydrogen-bond donors (Lipinski definition) is 1. The van der Waals surface area contributed by atoms with Crippen molar-refractivity contribution in [3.05, 3.63) is 69.7 Å². The van der Waals surface area contributed by atoms with Crippen LogP contribution < -0.4 is 0 Å². The van der Waals surface area contributed by atoms with Crippen molar-refractivity contribution in [3.8, 4) is 0 Å². The van der Waals surface area contributed by atoms with Crippen molar-refractivity contribution in [1.29, 1.82) is 0 Å². The van der Waals surface area contributed by atoms with Crippen LogP contribution in [0.3, 0.4) is 0 Å². The molecule has 2 saturated heterocycles. The average molecular weight is 562 g/mol. The fourth-order valence-electron chi connectivity index (χ4n) is 6.43. The van der Waals surface area contributed by atoms with Crippen molar-refractivity contribution in [2.75, 3.05) is 19.6 Å². The van der Waals surface area contributed by atoms with Crippen molar-refractivity contribution in [1.82, 2.24) is 9.80 Å². The molecule has 0 aliphatic carbocycles. The van der Waals surface area contributed by atoms with E-state index in [9.17, 15) is 14.7 Å². The minimum absolute atomic E-state index is 0.108. The molecule has 3 unspecified atom stereocenters. The number of morpholine rings is 1. The van der Waals surface area contributed by atoms with E-state index in [1.165, 1.54) is 0 Å². The third kappa shape index (κ3) is 6.36. The zero-order valence-corrected chi connectivity index (χ0v) is 24.1. The molecule has 2 aromatic rings. The van der Waals surface area contributed by atoms with E-state index >= 15 is 0 Å². The predicted molar refractivity (Wildman–Crippen MR) is 151 cm³/mol. The lowest BCUT2D eigenvalue weighted by Gasteiger charge is -2.52. The maximum Gasteiger partial charge on any atom is 0.304 e. The highest BCUT2D eigenvalue weighted by Crippen LogP contribution is 2.52. The van der Waals surface area contributed by atoms with Gasteiger partial charge in [0.15, 0.2) is 0 Å². The molecule has 0 radical (unpaired) electrons. The lowest BCUT2D eigenvalue weighted by Crippen LogP contribution is -2.59. The van der Waals surface area contributed by atoms with Gasteiger partial charge in [-0.3, -0.25) is 14.5 Å². The number of amides is 1. The Hall–Kier alpha value is -2.12. The Morgan fingerprint density at radius 2 is 1.74 bits per heavy atom. The van der Waals surface area contributed by atoms with Crippen molar-refractivity contribution in [2.45, 2.75) is 77.2 Å². The Morgan fingerprint density at radius 3 is 2.32 bits per heavy atom. The second-order valence-electron chi connectivity index (χ2n) is 11.2. The number of hydrogen-bond acceptors (Lipinski definition) is 4. The molecule has 0 bridgehead atoms. The number of benzene rings is 2. The number of piperidine rings is 1. The molecule has 2 fully saturated rings. The molecule has 0 saturated carbocycles. The maximum atomic E-state index is 14.4. The SMILES string of the molecule is CCC(CN1CC(C)OC(C)C1)N1C(=O)[C@@](C)(CC(=O)O)C[C@H](c2cccc(Cl)c2)[C@H]1c1ccc(Cl)cc1. The Labute approximate surface area is 235 Å². The lowest BCUT2D eigenvalue weighted by atomic mass is 9.67. The normalized spacial score (nSPS) is 29.3. The van der Waals surface area contributed by atoms with Crippen LogP contribution in [-0.4, -0.2) is 64.7 Å². The number of carbonyl (C=O) groups excluding carboxylic acids is 1. The van der Waals surface area contributed by atoms with E-state index in [4.69, 9.17) is 27.9 Å². The van der Waals surface area contributed by atoms with Crippen molar-refractivity contribution < 1.29 is 19.4 Å². The molecule has 2 aromatic carbocycles. The van der Waals surface area contributed by atoms with E-state index in [0.29, 0.717) is 23.0 Å². The number of likely N-dealkylation sites (tertiary alicyclic amines) is 1. The Balaban J connectivity index is 1.83. The highest BCUT2D eigenvalue weighted by atomic mass is 35.5. The van der Waals surface area contributed by atoms with E-state index in [1.54, 1.807) is 6.92 Å². The first-order chi connectivity index (χ1) is 18.0. The second-order valence-corrected chi connectivity index (χ2v) is 12.1. The molecule has 4 rings (SSSR count). The molecule has 206 valence electrons. The smallest absolute Gasteiger partial charge is 0.304 e. The summed E-state index contributed by atoms with van der Waals surface area (Å²) in [6, 6.07) is 15.0. The molecule has 6 atom stereocenters. The van der Waals surface area contributed by atoms with Crippen LogP contribution >= 0.6 is 23.2 Å². The van der Waals surface area contributed by atoms with Gasteiger partial charge in [-0.15, -0.1) is 0 Å². The van der Waals surface area contributed by atoms with Crippen LogP contribution in [0.15, 0.2) is 48.5 Å².